The topological polar surface area (TPSA) is 55.8 Å². The molecular weight excluding hydrogens is 356 g/mol. The lowest BCUT2D eigenvalue weighted by Crippen LogP contribution is -2.47. The molecule has 0 aliphatic heterocycles. The zero-order valence-corrected chi connectivity index (χ0v) is 19.6. The van der Waals surface area contributed by atoms with Crippen LogP contribution < -0.4 is 0 Å². The van der Waals surface area contributed by atoms with Crippen LogP contribution in [0.2, 0.25) is 19.6 Å². The molecule has 0 spiro atoms. The van der Waals surface area contributed by atoms with Gasteiger partial charge in [-0.25, -0.2) is 4.79 Å². The summed E-state index contributed by atoms with van der Waals surface area (Å²) in [5.74, 6) is 1.52. The number of fused-ring (bicyclic) bond motifs is 1. The third kappa shape index (κ3) is 5.16. The van der Waals surface area contributed by atoms with Crippen LogP contribution >= 0.6 is 0 Å². The molecule has 2 saturated carbocycles. The van der Waals surface area contributed by atoms with E-state index in [2.05, 4.69) is 33.5 Å². The summed E-state index contributed by atoms with van der Waals surface area (Å²) in [6, 6.07) is 0. The van der Waals surface area contributed by atoms with Crippen LogP contribution in [-0.4, -0.2) is 38.2 Å². The Hall–Kier alpha value is -0.393. The highest BCUT2D eigenvalue weighted by atomic mass is 28.4. The predicted molar refractivity (Wildman–Crippen MR) is 112 cm³/mol. The Balaban J connectivity index is 1.96. The standard InChI is InChI=1S/C22H42O4Si/c1-16(17-12-13-18-19(23)11-9-14-21(17,18)2)10-8-15-22(3,20(24)25-4)26-27(5,6)7/h16-19,23H,8-15H2,1-7H3/t16-,17-,18?,19?,21-,22-/m1/s1. The molecule has 0 aromatic rings. The first-order chi connectivity index (χ1) is 12.4. The molecule has 0 aromatic heterocycles. The number of esters is 1. The van der Waals surface area contributed by atoms with Crippen molar-refractivity contribution in [2.24, 2.45) is 23.2 Å². The smallest absolute Gasteiger partial charge is 0.336 e. The lowest BCUT2D eigenvalue weighted by molar-refractivity contribution is -0.159. The van der Waals surface area contributed by atoms with Crippen molar-refractivity contribution in [2.75, 3.05) is 7.11 Å². The molecule has 0 amide bonds. The Morgan fingerprint density at radius 3 is 2.56 bits per heavy atom. The largest absolute Gasteiger partial charge is 0.467 e. The van der Waals surface area contributed by atoms with E-state index in [0.717, 1.165) is 25.7 Å². The summed E-state index contributed by atoms with van der Waals surface area (Å²) in [5.41, 5.74) is -0.542. The fourth-order valence-corrected chi connectivity index (χ4v) is 7.71. The number of carbonyl (C=O) groups excluding carboxylic acids is 1. The van der Waals surface area contributed by atoms with Crippen LogP contribution in [0.3, 0.4) is 0 Å². The molecule has 0 saturated heterocycles. The van der Waals surface area contributed by atoms with E-state index in [1.165, 1.54) is 26.4 Å². The van der Waals surface area contributed by atoms with Gasteiger partial charge in [0.1, 0.15) is 0 Å². The molecule has 4 nitrogen and oxygen atoms in total. The van der Waals surface area contributed by atoms with Crippen LogP contribution in [0.15, 0.2) is 0 Å². The van der Waals surface area contributed by atoms with Gasteiger partial charge in [0.25, 0.3) is 0 Å². The van der Waals surface area contributed by atoms with Crippen LogP contribution in [-0.2, 0) is 14.0 Å². The normalized spacial score (nSPS) is 34.6. The fraction of sp³-hybridized carbons (Fsp3) is 0.955. The van der Waals surface area contributed by atoms with Gasteiger partial charge in [-0.3, -0.25) is 0 Å². The maximum absolute atomic E-state index is 12.4. The number of hydrogen-bond donors (Lipinski definition) is 1. The third-order valence-corrected chi connectivity index (χ3v) is 8.37. The molecule has 0 bridgehead atoms. The van der Waals surface area contributed by atoms with Crippen molar-refractivity contribution in [1.29, 1.82) is 0 Å². The Labute approximate surface area is 167 Å². The third-order valence-electron chi connectivity index (χ3n) is 7.31. The van der Waals surface area contributed by atoms with Gasteiger partial charge >= 0.3 is 5.97 Å². The van der Waals surface area contributed by atoms with E-state index < -0.39 is 13.9 Å². The number of aliphatic hydroxyl groups is 1. The van der Waals surface area contributed by atoms with Crippen molar-refractivity contribution < 1.29 is 19.1 Å². The summed E-state index contributed by atoms with van der Waals surface area (Å²) in [6.07, 6.45) is 8.47. The van der Waals surface area contributed by atoms with Crippen molar-refractivity contribution in [3.63, 3.8) is 0 Å². The van der Waals surface area contributed by atoms with Crippen LogP contribution in [0.4, 0.5) is 0 Å². The van der Waals surface area contributed by atoms with Gasteiger partial charge < -0.3 is 14.3 Å². The molecule has 1 N–H and O–H groups in total. The van der Waals surface area contributed by atoms with Gasteiger partial charge in [-0.05, 0) is 88.3 Å². The molecule has 0 aromatic carbocycles. The minimum absolute atomic E-state index is 0.103. The highest BCUT2D eigenvalue weighted by molar-refractivity contribution is 6.70. The maximum Gasteiger partial charge on any atom is 0.336 e. The first kappa shape index (κ1) is 22.9. The molecule has 2 fully saturated rings. The van der Waals surface area contributed by atoms with Gasteiger partial charge in [-0.15, -0.1) is 0 Å². The van der Waals surface area contributed by atoms with Gasteiger partial charge in [-0.1, -0.05) is 26.7 Å². The number of rotatable bonds is 8. The first-order valence-electron chi connectivity index (χ1n) is 10.9. The second kappa shape index (κ2) is 8.54. The lowest BCUT2D eigenvalue weighted by atomic mass is 9.61. The molecule has 2 aliphatic carbocycles. The number of ether oxygens (including phenoxy) is 1. The van der Waals surface area contributed by atoms with Gasteiger partial charge in [0, 0.05) is 0 Å². The second-order valence-corrected chi connectivity index (χ2v) is 15.0. The molecule has 2 unspecified atom stereocenters. The minimum atomic E-state index is -1.85. The number of hydrogen-bond acceptors (Lipinski definition) is 4. The zero-order valence-electron chi connectivity index (χ0n) is 18.6. The molecule has 6 atom stereocenters. The van der Waals surface area contributed by atoms with Crippen molar-refractivity contribution in [3.8, 4) is 0 Å². The number of methoxy groups -OCH3 is 1. The Morgan fingerprint density at radius 2 is 1.96 bits per heavy atom. The van der Waals surface area contributed by atoms with Crippen molar-refractivity contribution in [1.82, 2.24) is 0 Å². The van der Waals surface area contributed by atoms with Gasteiger partial charge in [0.05, 0.1) is 13.2 Å². The van der Waals surface area contributed by atoms with E-state index in [1.54, 1.807) is 0 Å². The quantitative estimate of drug-likeness (QED) is 0.453. The average molecular weight is 399 g/mol. The van der Waals surface area contributed by atoms with E-state index in [0.29, 0.717) is 24.2 Å². The Morgan fingerprint density at radius 1 is 1.30 bits per heavy atom. The van der Waals surface area contributed by atoms with E-state index in [4.69, 9.17) is 9.16 Å². The van der Waals surface area contributed by atoms with Crippen molar-refractivity contribution >= 4 is 14.3 Å². The molecule has 27 heavy (non-hydrogen) atoms. The van der Waals surface area contributed by atoms with Crippen molar-refractivity contribution in [3.05, 3.63) is 0 Å². The molecular formula is C22H42O4Si. The maximum atomic E-state index is 12.4. The summed E-state index contributed by atoms with van der Waals surface area (Å²) >= 11 is 0. The van der Waals surface area contributed by atoms with E-state index >= 15 is 0 Å². The van der Waals surface area contributed by atoms with Crippen molar-refractivity contribution in [2.45, 2.75) is 103 Å². The lowest BCUT2D eigenvalue weighted by Gasteiger charge is -2.45. The summed E-state index contributed by atoms with van der Waals surface area (Å²) in [4.78, 5) is 12.4. The average Bonchev–Trinajstić information content (AvgIpc) is 2.90. The van der Waals surface area contributed by atoms with Crippen LogP contribution in [0.1, 0.15) is 72.1 Å². The molecule has 0 radical (unpaired) electrons. The van der Waals surface area contributed by atoms with Gasteiger partial charge in [0.15, 0.2) is 13.9 Å². The fourth-order valence-electron chi connectivity index (χ4n) is 6.17. The number of carbonyl (C=O) groups is 1. The van der Waals surface area contributed by atoms with Gasteiger partial charge in [0.2, 0.25) is 0 Å². The molecule has 2 rings (SSSR count). The number of aliphatic hydroxyl groups excluding tert-OH is 1. The van der Waals surface area contributed by atoms with E-state index in [-0.39, 0.29) is 17.5 Å². The SMILES string of the molecule is COC(=O)[C@@](C)(CCC[C@@H](C)[C@H]1CCC2C(O)CCC[C@@]21C)O[Si](C)(C)C. The van der Waals surface area contributed by atoms with Crippen LogP contribution in [0, 0.1) is 23.2 Å². The summed E-state index contributed by atoms with van der Waals surface area (Å²) in [5, 5.41) is 10.5. The molecule has 2 aliphatic rings. The Kier molecular flexibility index (Phi) is 7.24. The second-order valence-electron chi connectivity index (χ2n) is 10.6. The summed E-state index contributed by atoms with van der Waals surface area (Å²) in [6.45, 7) is 13.0. The Bertz CT molecular complexity index is 517. The van der Waals surface area contributed by atoms with E-state index in [1.807, 2.05) is 6.92 Å². The zero-order chi connectivity index (χ0) is 20.5. The monoisotopic (exact) mass is 398 g/mol. The van der Waals surface area contributed by atoms with Crippen LogP contribution in [0.25, 0.3) is 0 Å². The van der Waals surface area contributed by atoms with Crippen LogP contribution in [0.5, 0.6) is 0 Å². The highest BCUT2D eigenvalue weighted by Crippen LogP contribution is 2.58. The molecule has 0 heterocycles. The first-order valence-corrected chi connectivity index (χ1v) is 14.3. The summed E-state index contributed by atoms with van der Waals surface area (Å²) < 4.78 is 11.3. The predicted octanol–water partition coefficient (Wildman–Crippen LogP) is 5.15. The van der Waals surface area contributed by atoms with Gasteiger partial charge in [-0.2, -0.15) is 0 Å². The summed E-state index contributed by atoms with van der Waals surface area (Å²) in [7, 11) is -0.397. The van der Waals surface area contributed by atoms with E-state index in [9.17, 15) is 9.90 Å². The molecule has 5 heteroatoms. The highest BCUT2D eigenvalue weighted by Gasteiger charge is 2.52. The molecule has 158 valence electrons. The minimum Gasteiger partial charge on any atom is -0.467 e.